The highest BCUT2D eigenvalue weighted by Crippen LogP contribution is 2.18. The van der Waals surface area contributed by atoms with Gasteiger partial charge >= 0.3 is 0 Å². The summed E-state index contributed by atoms with van der Waals surface area (Å²) in [6.45, 7) is 4.98. The van der Waals surface area contributed by atoms with Crippen LogP contribution in [0.25, 0.3) is 0 Å². The fraction of sp³-hybridized carbons (Fsp3) is 0.368. The molecule has 2 aromatic rings. The summed E-state index contributed by atoms with van der Waals surface area (Å²) in [7, 11) is 1.57. The Morgan fingerprint density at radius 2 is 2.04 bits per heavy atom. The molecule has 1 aliphatic rings. The first-order valence-electron chi connectivity index (χ1n) is 8.34. The molecule has 0 N–H and O–H groups in total. The Labute approximate surface area is 147 Å². The normalized spacial score (nSPS) is 18.2. The monoisotopic (exact) mass is 343 g/mol. The van der Waals surface area contributed by atoms with E-state index in [2.05, 4.69) is 9.88 Å². The number of amides is 1. The summed E-state index contributed by atoms with van der Waals surface area (Å²) >= 11 is 0. The number of piperazine rings is 1. The van der Waals surface area contributed by atoms with Crippen molar-refractivity contribution in [3.8, 4) is 5.75 Å². The van der Waals surface area contributed by atoms with Gasteiger partial charge in [0.15, 0.2) is 0 Å². The third kappa shape index (κ3) is 4.14. The van der Waals surface area contributed by atoms with Gasteiger partial charge in [0.1, 0.15) is 17.3 Å². The molecule has 6 heteroatoms. The van der Waals surface area contributed by atoms with Gasteiger partial charge in [-0.3, -0.25) is 14.7 Å². The van der Waals surface area contributed by atoms with Crippen LogP contribution in [0, 0.1) is 5.82 Å². The van der Waals surface area contributed by atoms with E-state index in [9.17, 15) is 9.18 Å². The fourth-order valence-corrected chi connectivity index (χ4v) is 3.13. The van der Waals surface area contributed by atoms with Gasteiger partial charge in [-0.25, -0.2) is 4.39 Å². The Morgan fingerprint density at radius 3 is 2.72 bits per heavy atom. The van der Waals surface area contributed by atoms with Gasteiger partial charge in [-0.2, -0.15) is 0 Å². The first-order valence-corrected chi connectivity index (χ1v) is 8.34. The molecule has 1 fully saturated rings. The maximum atomic E-state index is 13.0. The van der Waals surface area contributed by atoms with Crippen LogP contribution in [0.2, 0.25) is 0 Å². The summed E-state index contributed by atoms with van der Waals surface area (Å²) in [6, 6.07) is 10.0. The van der Waals surface area contributed by atoms with Gasteiger partial charge < -0.3 is 9.64 Å². The standard InChI is InChI=1S/C19H22FN3O2/c1-14-12-22(13-15-3-5-16(20)6-4-15)9-10-23(14)19(24)18-11-17(25-2)7-8-21-18/h3-8,11,14H,9-10,12-13H2,1-2H3/t14-/m1/s1. The summed E-state index contributed by atoms with van der Waals surface area (Å²) < 4.78 is 18.2. The summed E-state index contributed by atoms with van der Waals surface area (Å²) in [4.78, 5) is 21.0. The van der Waals surface area contributed by atoms with E-state index >= 15 is 0 Å². The molecule has 2 heterocycles. The Kier molecular flexibility index (Phi) is 5.28. The van der Waals surface area contributed by atoms with E-state index in [1.807, 2.05) is 11.8 Å². The van der Waals surface area contributed by atoms with E-state index < -0.39 is 0 Å². The highest BCUT2D eigenvalue weighted by Gasteiger charge is 2.28. The van der Waals surface area contributed by atoms with Crippen molar-refractivity contribution in [2.24, 2.45) is 0 Å². The van der Waals surface area contributed by atoms with Crippen LogP contribution in [-0.2, 0) is 6.54 Å². The molecule has 0 aliphatic carbocycles. The molecule has 0 unspecified atom stereocenters. The number of hydrogen-bond acceptors (Lipinski definition) is 4. The summed E-state index contributed by atoms with van der Waals surface area (Å²) in [6.07, 6.45) is 1.58. The van der Waals surface area contributed by atoms with Crippen molar-refractivity contribution >= 4 is 5.91 Å². The van der Waals surface area contributed by atoms with Gasteiger partial charge in [0, 0.05) is 44.5 Å². The van der Waals surface area contributed by atoms with Crippen molar-refractivity contribution in [2.75, 3.05) is 26.7 Å². The zero-order valence-electron chi connectivity index (χ0n) is 14.5. The van der Waals surface area contributed by atoms with E-state index in [1.54, 1.807) is 37.6 Å². The first kappa shape index (κ1) is 17.4. The Hall–Kier alpha value is -2.47. The second kappa shape index (κ2) is 7.61. The zero-order valence-corrected chi connectivity index (χ0v) is 14.5. The van der Waals surface area contributed by atoms with Crippen molar-refractivity contribution in [1.29, 1.82) is 0 Å². The molecule has 0 spiro atoms. The lowest BCUT2D eigenvalue weighted by Crippen LogP contribution is -2.53. The molecule has 1 aliphatic heterocycles. The SMILES string of the molecule is COc1ccnc(C(=O)N2CCN(Cc3ccc(F)cc3)C[C@H]2C)c1. The summed E-state index contributed by atoms with van der Waals surface area (Å²) in [5, 5.41) is 0. The molecule has 1 aromatic carbocycles. The largest absolute Gasteiger partial charge is 0.497 e. The average molecular weight is 343 g/mol. The Morgan fingerprint density at radius 1 is 1.28 bits per heavy atom. The number of pyridine rings is 1. The number of rotatable bonds is 4. The maximum absolute atomic E-state index is 13.0. The lowest BCUT2D eigenvalue weighted by molar-refractivity contribution is 0.0469. The number of aromatic nitrogens is 1. The topological polar surface area (TPSA) is 45.7 Å². The number of ether oxygens (including phenoxy) is 1. The van der Waals surface area contributed by atoms with Crippen molar-refractivity contribution in [3.05, 3.63) is 59.7 Å². The van der Waals surface area contributed by atoms with Crippen molar-refractivity contribution in [2.45, 2.75) is 19.5 Å². The number of carbonyl (C=O) groups excluding carboxylic acids is 1. The maximum Gasteiger partial charge on any atom is 0.272 e. The van der Waals surface area contributed by atoms with Gasteiger partial charge in [-0.1, -0.05) is 12.1 Å². The van der Waals surface area contributed by atoms with E-state index in [1.165, 1.54) is 12.1 Å². The molecule has 0 bridgehead atoms. The zero-order chi connectivity index (χ0) is 17.8. The predicted molar refractivity (Wildman–Crippen MR) is 93.0 cm³/mol. The molecule has 25 heavy (non-hydrogen) atoms. The number of hydrogen-bond donors (Lipinski definition) is 0. The minimum absolute atomic E-state index is 0.0761. The molecule has 3 rings (SSSR count). The summed E-state index contributed by atoms with van der Waals surface area (Å²) in [5.41, 5.74) is 1.47. The number of benzene rings is 1. The molecule has 1 amide bonds. The van der Waals surface area contributed by atoms with Crippen molar-refractivity contribution < 1.29 is 13.9 Å². The second-order valence-electron chi connectivity index (χ2n) is 6.29. The second-order valence-corrected chi connectivity index (χ2v) is 6.29. The highest BCUT2D eigenvalue weighted by molar-refractivity contribution is 5.93. The first-order chi connectivity index (χ1) is 12.1. The smallest absolute Gasteiger partial charge is 0.272 e. The number of carbonyl (C=O) groups is 1. The van der Waals surface area contributed by atoms with Crippen molar-refractivity contribution in [3.63, 3.8) is 0 Å². The van der Waals surface area contributed by atoms with Crippen LogP contribution in [-0.4, -0.2) is 53.5 Å². The minimum Gasteiger partial charge on any atom is -0.497 e. The Balaban J connectivity index is 1.63. The van der Waals surface area contributed by atoms with E-state index in [4.69, 9.17) is 4.74 Å². The van der Waals surface area contributed by atoms with E-state index in [-0.39, 0.29) is 17.8 Å². The third-order valence-electron chi connectivity index (χ3n) is 4.48. The van der Waals surface area contributed by atoms with Crippen LogP contribution >= 0.6 is 0 Å². The van der Waals surface area contributed by atoms with Gasteiger partial charge in [-0.15, -0.1) is 0 Å². The molecule has 0 saturated carbocycles. The lowest BCUT2D eigenvalue weighted by Gasteiger charge is -2.39. The predicted octanol–water partition coefficient (Wildman–Crippen LogP) is 2.58. The Bertz CT molecular complexity index is 736. The average Bonchev–Trinajstić information content (AvgIpc) is 2.63. The molecule has 1 aromatic heterocycles. The van der Waals surface area contributed by atoms with Gasteiger partial charge in [0.05, 0.1) is 7.11 Å². The number of methoxy groups -OCH3 is 1. The fourth-order valence-electron chi connectivity index (χ4n) is 3.13. The molecule has 0 radical (unpaired) electrons. The molecule has 1 saturated heterocycles. The van der Waals surface area contributed by atoms with Crippen LogP contribution in [0.5, 0.6) is 5.75 Å². The van der Waals surface area contributed by atoms with Crippen LogP contribution < -0.4 is 4.74 Å². The minimum atomic E-state index is -0.224. The van der Waals surface area contributed by atoms with Crippen LogP contribution in [0.1, 0.15) is 23.0 Å². The molecule has 1 atom stereocenters. The van der Waals surface area contributed by atoms with Crippen LogP contribution in [0.4, 0.5) is 4.39 Å². The van der Waals surface area contributed by atoms with E-state index in [0.717, 1.165) is 25.2 Å². The van der Waals surface area contributed by atoms with Crippen LogP contribution in [0.15, 0.2) is 42.6 Å². The van der Waals surface area contributed by atoms with Crippen molar-refractivity contribution in [1.82, 2.24) is 14.8 Å². The van der Waals surface area contributed by atoms with Gasteiger partial charge in [0.2, 0.25) is 0 Å². The third-order valence-corrected chi connectivity index (χ3v) is 4.48. The van der Waals surface area contributed by atoms with E-state index in [0.29, 0.717) is 18.0 Å². The lowest BCUT2D eigenvalue weighted by atomic mass is 10.1. The number of nitrogens with zero attached hydrogens (tertiary/aromatic N) is 3. The molecular weight excluding hydrogens is 321 g/mol. The molecule has 132 valence electrons. The van der Waals surface area contributed by atoms with Crippen LogP contribution in [0.3, 0.4) is 0 Å². The quantitative estimate of drug-likeness (QED) is 0.856. The van der Waals surface area contributed by atoms with Gasteiger partial charge in [0.25, 0.3) is 5.91 Å². The molecule has 5 nitrogen and oxygen atoms in total. The highest BCUT2D eigenvalue weighted by atomic mass is 19.1. The summed E-state index contributed by atoms with van der Waals surface area (Å²) in [5.74, 6) is 0.326. The number of halogens is 1. The molecular formula is C19H22FN3O2. The van der Waals surface area contributed by atoms with Gasteiger partial charge in [-0.05, 0) is 30.7 Å².